The molecule has 0 aliphatic rings. The molecule has 1 amide bonds. The molecule has 2 unspecified atom stereocenters. The molecule has 0 saturated carbocycles. The van der Waals surface area contributed by atoms with E-state index in [0.717, 1.165) is 10.0 Å². The normalized spacial score (nSPS) is 12.8. The molecule has 2 aromatic rings. The predicted octanol–water partition coefficient (Wildman–Crippen LogP) is 4.11. The Labute approximate surface area is 156 Å². The third-order valence-electron chi connectivity index (χ3n) is 3.76. The number of hydrogen-bond acceptors (Lipinski definition) is 4. The lowest BCUT2D eigenvalue weighted by Gasteiger charge is -2.21. The van der Waals surface area contributed by atoms with Gasteiger partial charge in [0.1, 0.15) is 17.2 Å². The van der Waals surface area contributed by atoms with Gasteiger partial charge in [0.05, 0.1) is 20.3 Å². The van der Waals surface area contributed by atoms with Crippen LogP contribution in [0.3, 0.4) is 0 Å². The molecule has 0 aliphatic heterocycles. The van der Waals surface area contributed by atoms with Gasteiger partial charge in [0.2, 0.25) is 0 Å². The molecule has 2 atom stereocenters. The maximum Gasteiger partial charge on any atom is 0.261 e. The highest BCUT2D eigenvalue weighted by Gasteiger charge is 2.20. The van der Waals surface area contributed by atoms with Gasteiger partial charge >= 0.3 is 0 Å². The van der Waals surface area contributed by atoms with Gasteiger partial charge < -0.3 is 19.5 Å². The lowest BCUT2D eigenvalue weighted by atomic mass is 10.1. The molecule has 2 rings (SSSR count). The average Bonchev–Trinajstić information content (AvgIpc) is 2.62. The topological polar surface area (TPSA) is 56.8 Å². The Balaban J connectivity index is 2.05. The summed E-state index contributed by atoms with van der Waals surface area (Å²) in [5.41, 5.74) is 0.839. The largest absolute Gasteiger partial charge is 0.497 e. The van der Waals surface area contributed by atoms with E-state index in [4.69, 9.17) is 14.2 Å². The second kappa shape index (κ2) is 8.76. The van der Waals surface area contributed by atoms with E-state index in [1.54, 1.807) is 21.1 Å². The first-order chi connectivity index (χ1) is 11.9. The van der Waals surface area contributed by atoms with E-state index in [1.807, 2.05) is 49.4 Å². The number of nitrogens with one attached hydrogen (secondary N) is 1. The van der Waals surface area contributed by atoms with Crippen LogP contribution in [0.5, 0.6) is 17.2 Å². The third-order valence-corrected chi connectivity index (χ3v) is 4.29. The Morgan fingerprint density at radius 2 is 1.64 bits per heavy atom. The third kappa shape index (κ3) is 5.13. The van der Waals surface area contributed by atoms with Gasteiger partial charge in [-0.05, 0) is 56.3 Å². The minimum absolute atomic E-state index is 0.208. The molecule has 0 aliphatic carbocycles. The minimum atomic E-state index is -0.625. The summed E-state index contributed by atoms with van der Waals surface area (Å²) < 4.78 is 17.3. The quantitative estimate of drug-likeness (QED) is 0.749. The SMILES string of the molecule is COc1ccc(OC)c(C(C)NC(=O)C(C)Oc2ccc(Br)cc2)c1. The number of hydrogen-bond donors (Lipinski definition) is 1. The van der Waals surface area contributed by atoms with E-state index in [-0.39, 0.29) is 11.9 Å². The molecule has 0 aromatic heterocycles. The molecule has 0 saturated heterocycles. The number of halogens is 1. The van der Waals surface area contributed by atoms with Gasteiger partial charge in [0.15, 0.2) is 6.10 Å². The molecular formula is C19H22BrNO4. The van der Waals surface area contributed by atoms with Crippen LogP contribution in [0.15, 0.2) is 46.9 Å². The maximum atomic E-state index is 12.4. The summed E-state index contributed by atoms with van der Waals surface area (Å²) in [7, 11) is 3.20. The van der Waals surface area contributed by atoms with E-state index >= 15 is 0 Å². The number of amides is 1. The summed E-state index contributed by atoms with van der Waals surface area (Å²) >= 11 is 3.37. The summed E-state index contributed by atoms with van der Waals surface area (Å²) in [6.07, 6.45) is -0.625. The lowest BCUT2D eigenvalue weighted by molar-refractivity contribution is -0.127. The molecule has 1 N–H and O–H groups in total. The second-order valence-electron chi connectivity index (χ2n) is 5.55. The smallest absolute Gasteiger partial charge is 0.261 e. The highest BCUT2D eigenvalue weighted by Crippen LogP contribution is 2.29. The van der Waals surface area contributed by atoms with Crippen molar-refractivity contribution in [3.63, 3.8) is 0 Å². The van der Waals surface area contributed by atoms with E-state index in [2.05, 4.69) is 21.2 Å². The van der Waals surface area contributed by atoms with Crippen LogP contribution in [0.1, 0.15) is 25.5 Å². The summed E-state index contributed by atoms with van der Waals surface area (Å²) in [5.74, 6) is 1.82. The minimum Gasteiger partial charge on any atom is -0.497 e. The van der Waals surface area contributed by atoms with Crippen molar-refractivity contribution >= 4 is 21.8 Å². The second-order valence-corrected chi connectivity index (χ2v) is 6.47. The molecule has 6 heteroatoms. The molecule has 0 radical (unpaired) electrons. The van der Waals surface area contributed by atoms with Crippen LogP contribution < -0.4 is 19.5 Å². The first-order valence-corrected chi connectivity index (χ1v) is 8.68. The van der Waals surface area contributed by atoms with E-state index < -0.39 is 6.10 Å². The molecule has 25 heavy (non-hydrogen) atoms. The van der Waals surface area contributed by atoms with Gasteiger partial charge in [-0.25, -0.2) is 0 Å². The average molecular weight is 408 g/mol. The number of benzene rings is 2. The zero-order valence-electron chi connectivity index (χ0n) is 14.7. The molecule has 5 nitrogen and oxygen atoms in total. The van der Waals surface area contributed by atoms with E-state index in [9.17, 15) is 4.79 Å². The van der Waals surface area contributed by atoms with E-state index in [1.165, 1.54) is 0 Å². The van der Waals surface area contributed by atoms with Gasteiger partial charge in [-0.1, -0.05) is 15.9 Å². The Morgan fingerprint density at radius 3 is 2.24 bits per heavy atom. The highest BCUT2D eigenvalue weighted by molar-refractivity contribution is 9.10. The van der Waals surface area contributed by atoms with Crippen LogP contribution in [0.25, 0.3) is 0 Å². The van der Waals surface area contributed by atoms with Crippen LogP contribution in [0, 0.1) is 0 Å². The molecule has 0 heterocycles. The molecular weight excluding hydrogens is 386 g/mol. The van der Waals surface area contributed by atoms with Gasteiger partial charge in [0.25, 0.3) is 5.91 Å². The first-order valence-electron chi connectivity index (χ1n) is 7.89. The standard InChI is InChI=1S/C19H22BrNO4/c1-12(17-11-16(23-3)9-10-18(17)24-4)21-19(22)13(2)25-15-7-5-14(20)6-8-15/h5-13H,1-4H3,(H,21,22). The van der Waals surface area contributed by atoms with Crippen molar-refractivity contribution in [1.82, 2.24) is 5.32 Å². The Kier molecular flexibility index (Phi) is 6.70. The summed E-state index contributed by atoms with van der Waals surface area (Å²) in [6.45, 7) is 3.61. The molecule has 0 spiro atoms. The van der Waals surface area contributed by atoms with Crippen molar-refractivity contribution in [3.05, 3.63) is 52.5 Å². The number of rotatable bonds is 7. The Morgan fingerprint density at radius 1 is 1.00 bits per heavy atom. The van der Waals surface area contributed by atoms with E-state index in [0.29, 0.717) is 17.2 Å². The zero-order chi connectivity index (χ0) is 18.4. The maximum absolute atomic E-state index is 12.4. The number of carbonyl (C=O) groups excluding carboxylic acids is 1. The number of methoxy groups -OCH3 is 2. The fourth-order valence-electron chi connectivity index (χ4n) is 2.36. The fourth-order valence-corrected chi connectivity index (χ4v) is 2.62. The Bertz CT molecular complexity index is 718. The monoisotopic (exact) mass is 407 g/mol. The molecule has 2 aromatic carbocycles. The molecule has 134 valence electrons. The zero-order valence-corrected chi connectivity index (χ0v) is 16.3. The van der Waals surface area contributed by atoms with Crippen molar-refractivity contribution in [3.8, 4) is 17.2 Å². The van der Waals surface area contributed by atoms with Crippen molar-refractivity contribution in [2.75, 3.05) is 14.2 Å². The predicted molar refractivity (Wildman–Crippen MR) is 100 cm³/mol. The first kappa shape index (κ1) is 19.1. The summed E-state index contributed by atoms with van der Waals surface area (Å²) in [6, 6.07) is 12.6. The van der Waals surface area contributed by atoms with Crippen LogP contribution in [0.2, 0.25) is 0 Å². The summed E-state index contributed by atoms with van der Waals surface area (Å²) in [4.78, 5) is 12.4. The lowest BCUT2D eigenvalue weighted by Crippen LogP contribution is -2.37. The van der Waals surface area contributed by atoms with Gasteiger partial charge in [-0.15, -0.1) is 0 Å². The molecule has 0 fully saturated rings. The number of ether oxygens (including phenoxy) is 3. The molecule has 0 bridgehead atoms. The van der Waals surface area contributed by atoms with Gasteiger partial charge in [-0.2, -0.15) is 0 Å². The Hall–Kier alpha value is -2.21. The van der Waals surface area contributed by atoms with Crippen molar-refractivity contribution < 1.29 is 19.0 Å². The number of carbonyl (C=O) groups is 1. The van der Waals surface area contributed by atoms with Crippen molar-refractivity contribution in [2.24, 2.45) is 0 Å². The van der Waals surface area contributed by atoms with Gasteiger partial charge in [-0.3, -0.25) is 4.79 Å². The van der Waals surface area contributed by atoms with Crippen LogP contribution >= 0.6 is 15.9 Å². The van der Waals surface area contributed by atoms with Gasteiger partial charge in [0, 0.05) is 10.0 Å². The van der Waals surface area contributed by atoms with Crippen molar-refractivity contribution in [1.29, 1.82) is 0 Å². The summed E-state index contributed by atoms with van der Waals surface area (Å²) in [5, 5.41) is 2.94. The van der Waals surface area contributed by atoms with Crippen LogP contribution in [-0.2, 0) is 4.79 Å². The van der Waals surface area contributed by atoms with Crippen LogP contribution in [-0.4, -0.2) is 26.2 Å². The van der Waals surface area contributed by atoms with Crippen molar-refractivity contribution in [2.45, 2.75) is 26.0 Å². The fraction of sp³-hybridized carbons (Fsp3) is 0.316. The highest BCUT2D eigenvalue weighted by atomic mass is 79.9. The van der Waals surface area contributed by atoms with Crippen LogP contribution in [0.4, 0.5) is 0 Å².